The summed E-state index contributed by atoms with van der Waals surface area (Å²) in [5, 5.41) is 6.27. The highest BCUT2D eigenvalue weighted by molar-refractivity contribution is 6.03. The molecule has 1 aromatic carbocycles. The van der Waals surface area contributed by atoms with Crippen molar-refractivity contribution in [3.05, 3.63) is 54.0 Å². The molecule has 3 heterocycles. The van der Waals surface area contributed by atoms with Gasteiger partial charge >= 0.3 is 0 Å². The highest BCUT2D eigenvalue weighted by atomic mass is 16.5. The molecule has 1 saturated carbocycles. The number of hydrazone groups is 1. The Bertz CT molecular complexity index is 990. The number of amides is 2. The fourth-order valence-corrected chi connectivity index (χ4v) is 4.38. The van der Waals surface area contributed by atoms with Crippen LogP contribution in [-0.2, 0) is 9.59 Å². The SMILES string of the molecule is COc1ccc(C2=NN(C(=O)CN3CCN(C(=O)C4CC4)CC3)[C@@H](c3ccco3)C2)cc1. The molecule has 8 heteroatoms. The summed E-state index contributed by atoms with van der Waals surface area (Å²) in [5.41, 5.74) is 1.81. The topological polar surface area (TPSA) is 78.6 Å². The van der Waals surface area contributed by atoms with Crippen molar-refractivity contribution < 1.29 is 18.7 Å². The number of hydrogen-bond donors (Lipinski definition) is 0. The lowest BCUT2D eigenvalue weighted by Gasteiger charge is -2.35. The first-order valence-corrected chi connectivity index (χ1v) is 11.2. The number of hydrogen-bond acceptors (Lipinski definition) is 6. The highest BCUT2D eigenvalue weighted by Gasteiger charge is 2.37. The van der Waals surface area contributed by atoms with Gasteiger partial charge in [-0.3, -0.25) is 14.5 Å². The Morgan fingerprint density at radius 3 is 2.47 bits per heavy atom. The Kier molecular flexibility index (Phi) is 5.70. The second-order valence-electron chi connectivity index (χ2n) is 8.62. The number of ether oxygens (including phenoxy) is 1. The predicted molar refractivity (Wildman–Crippen MR) is 118 cm³/mol. The van der Waals surface area contributed by atoms with Crippen LogP contribution in [0.1, 0.15) is 36.6 Å². The van der Waals surface area contributed by atoms with Crippen LogP contribution < -0.4 is 4.74 Å². The average molecular weight is 437 g/mol. The minimum atomic E-state index is -0.257. The molecule has 1 aromatic heterocycles. The molecule has 0 unspecified atom stereocenters. The van der Waals surface area contributed by atoms with Crippen molar-refractivity contribution in [3.8, 4) is 5.75 Å². The van der Waals surface area contributed by atoms with E-state index in [-0.39, 0.29) is 30.3 Å². The maximum Gasteiger partial charge on any atom is 0.257 e. The van der Waals surface area contributed by atoms with Crippen LogP contribution in [0.15, 0.2) is 52.2 Å². The molecular weight excluding hydrogens is 408 g/mol. The fraction of sp³-hybridized carbons (Fsp3) is 0.458. The van der Waals surface area contributed by atoms with Crippen LogP contribution in [0.2, 0.25) is 0 Å². The summed E-state index contributed by atoms with van der Waals surface area (Å²) in [6.45, 7) is 3.06. The van der Waals surface area contributed by atoms with E-state index in [1.165, 1.54) is 0 Å². The highest BCUT2D eigenvalue weighted by Crippen LogP contribution is 2.34. The summed E-state index contributed by atoms with van der Waals surface area (Å²) < 4.78 is 10.9. The van der Waals surface area contributed by atoms with Gasteiger partial charge in [0.05, 0.1) is 25.6 Å². The molecule has 1 atom stereocenters. The molecular formula is C24H28N4O4. The van der Waals surface area contributed by atoms with Crippen molar-refractivity contribution in [2.75, 3.05) is 39.8 Å². The smallest absolute Gasteiger partial charge is 0.257 e. The Morgan fingerprint density at radius 1 is 1.09 bits per heavy atom. The molecule has 0 bridgehead atoms. The molecule has 5 rings (SSSR count). The lowest BCUT2D eigenvalue weighted by atomic mass is 10.0. The van der Waals surface area contributed by atoms with Gasteiger partial charge in [-0.25, -0.2) is 5.01 Å². The molecule has 2 aromatic rings. The lowest BCUT2D eigenvalue weighted by molar-refractivity contribution is -0.137. The second kappa shape index (κ2) is 8.78. The first-order valence-electron chi connectivity index (χ1n) is 11.2. The van der Waals surface area contributed by atoms with Crippen molar-refractivity contribution >= 4 is 17.5 Å². The van der Waals surface area contributed by atoms with E-state index in [4.69, 9.17) is 14.3 Å². The van der Waals surface area contributed by atoms with Crippen molar-refractivity contribution in [1.29, 1.82) is 0 Å². The molecule has 0 N–H and O–H groups in total. The van der Waals surface area contributed by atoms with Crippen molar-refractivity contribution in [2.24, 2.45) is 11.0 Å². The van der Waals surface area contributed by atoms with Crippen LogP contribution >= 0.6 is 0 Å². The zero-order valence-electron chi connectivity index (χ0n) is 18.3. The molecule has 1 aliphatic carbocycles. The van der Waals surface area contributed by atoms with E-state index in [1.54, 1.807) is 18.4 Å². The number of carbonyl (C=O) groups excluding carboxylic acids is 2. The van der Waals surface area contributed by atoms with Gasteiger partial charge in [-0.2, -0.15) is 5.10 Å². The monoisotopic (exact) mass is 436 g/mol. The second-order valence-corrected chi connectivity index (χ2v) is 8.62. The summed E-state index contributed by atoms with van der Waals surface area (Å²) in [6.07, 6.45) is 4.26. The summed E-state index contributed by atoms with van der Waals surface area (Å²) >= 11 is 0. The van der Waals surface area contributed by atoms with Gasteiger partial charge in [0, 0.05) is 38.5 Å². The Labute approximate surface area is 187 Å². The molecule has 2 aliphatic heterocycles. The minimum Gasteiger partial charge on any atom is -0.497 e. The first-order chi connectivity index (χ1) is 15.6. The van der Waals surface area contributed by atoms with Crippen LogP contribution in [0.25, 0.3) is 0 Å². The van der Waals surface area contributed by atoms with E-state index in [0.29, 0.717) is 32.6 Å². The van der Waals surface area contributed by atoms with Crippen LogP contribution in [0.4, 0.5) is 0 Å². The van der Waals surface area contributed by atoms with E-state index in [0.717, 1.165) is 35.6 Å². The van der Waals surface area contributed by atoms with Crippen molar-refractivity contribution in [2.45, 2.75) is 25.3 Å². The standard InChI is InChI=1S/C24H28N4O4/c1-31-19-8-6-17(7-9-19)20-15-21(22-3-2-14-32-22)28(25-20)23(29)16-26-10-12-27(13-11-26)24(30)18-4-5-18/h2-3,6-9,14,18,21H,4-5,10-13,15-16H2,1H3/t21-/m1/s1. The van der Waals surface area contributed by atoms with Gasteiger partial charge in [0.1, 0.15) is 17.6 Å². The van der Waals surface area contributed by atoms with Gasteiger partial charge in [0.2, 0.25) is 5.91 Å². The van der Waals surface area contributed by atoms with Gasteiger partial charge in [0.15, 0.2) is 0 Å². The quantitative estimate of drug-likeness (QED) is 0.695. The zero-order chi connectivity index (χ0) is 22.1. The maximum absolute atomic E-state index is 13.3. The van der Waals surface area contributed by atoms with Crippen LogP contribution in [-0.4, -0.2) is 72.2 Å². The van der Waals surface area contributed by atoms with Crippen LogP contribution in [0.5, 0.6) is 5.75 Å². The Hall–Kier alpha value is -3.13. The third kappa shape index (κ3) is 4.27. The predicted octanol–water partition coefficient (Wildman–Crippen LogP) is 2.52. The van der Waals surface area contributed by atoms with Gasteiger partial charge in [0.25, 0.3) is 5.91 Å². The number of piperazine rings is 1. The number of nitrogens with zero attached hydrogens (tertiary/aromatic N) is 4. The summed E-state index contributed by atoms with van der Waals surface area (Å²) in [5.74, 6) is 1.97. The molecule has 8 nitrogen and oxygen atoms in total. The summed E-state index contributed by atoms with van der Waals surface area (Å²) in [4.78, 5) is 29.6. The van der Waals surface area contributed by atoms with Gasteiger partial charge in [-0.05, 0) is 54.8 Å². The molecule has 32 heavy (non-hydrogen) atoms. The number of methoxy groups -OCH3 is 1. The number of furan rings is 1. The molecule has 2 fully saturated rings. The van der Waals surface area contributed by atoms with E-state index < -0.39 is 0 Å². The van der Waals surface area contributed by atoms with Gasteiger partial charge < -0.3 is 14.1 Å². The normalized spacial score (nSPS) is 21.5. The van der Waals surface area contributed by atoms with Gasteiger partial charge in [-0.15, -0.1) is 0 Å². The molecule has 0 radical (unpaired) electrons. The minimum absolute atomic E-state index is 0.0584. The molecule has 3 aliphatic rings. The third-order valence-electron chi connectivity index (χ3n) is 6.43. The maximum atomic E-state index is 13.3. The summed E-state index contributed by atoms with van der Waals surface area (Å²) in [6, 6.07) is 11.2. The van der Waals surface area contributed by atoms with Gasteiger partial charge in [-0.1, -0.05) is 0 Å². The number of carbonyl (C=O) groups is 2. The summed E-state index contributed by atoms with van der Waals surface area (Å²) in [7, 11) is 1.64. The molecule has 2 amide bonds. The zero-order valence-corrected chi connectivity index (χ0v) is 18.3. The van der Waals surface area contributed by atoms with Crippen molar-refractivity contribution in [3.63, 3.8) is 0 Å². The Balaban J connectivity index is 1.27. The number of benzene rings is 1. The number of rotatable bonds is 6. The largest absolute Gasteiger partial charge is 0.497 e. The molecule has 168 valence electrons. The van der Waals surface area contributed by atoms with Crippen LogP contribution in [0.3, 0.4) is 0 Å². The molecule has 0 spiro atoms. The van der Waals surface area contributed by atoms with E-state index in [9.17, 15) is 9.59 Å². The van der Waals surface area contributed by atoms with E-state index in [2.05, 4.69) is 4.90 Å². The average Bonchev–Trinajstić information content (AvgIpc) is 3.34. The van der Waals surface area contributed by atoms with E-state index in [1.807, 2.05) is 41.3 Å². The fourth-order valence-electron chi connectivity index (χ4n) is 4.38. The van der Waals surface area contributed by atoms with Crippen LogP contribution in [0, 0.1) is 5.92 Å². The van der Waals surface area contributed by atoms with Crippen molar-refractivity contribution in [1.82, 2.24) is 14.8 Å². The Morgan fingerprint density at radius 2 is 1.84 bits per heavy atom. The first kappa shape index (κ1) is 20.8. The lowest BCUT2D eigenvalue weighted by Crippen LogP contribution is -2.51. The third-order valence-corrected chi connectivity index (χ3v) is 6.43. The molecule has 1 saturated heterocycles. The van der Waals surface area contributed by atoms with E-state index >= 15 is 0 Å².